The van der Waals surface area contributed by atoms with Crippen molar-refractivity contribution in [1.29, 1.82) is 0 Å². The van der Waals surface area contributed by atoms with E-state index in [1.54, 1.807) is 35.2 Å². The maximum Gasteiger partial charge on any atom is 0.256 e. The number of hydrogen-bond donors (Lipinski definition) is 1. The van der Waals surface area contributed by atoms with Gasteiger partial charge in [0, 0.05) is 39.1 Å². The maximum absolute atomic E-state index is 12.6. The summed E-state index contributed by atoms with van der Waals surface area (Å²) in [5, 5.41) is 15.2. The van der Waals surface area contributed by atoms with Crippen LogP contribution in [-0.2, 0) is 6.54 Å². The second-order valence-corrected chi connectivity index (χ2v) is 6.68. The van der Waals surface area contributed by atoms with Gasteiger partial charge in [-0.1, -0.05) is 6.07 Å². The van der Waals surface area contributed by atoms with Crippen molar-refractivity contribution in [3.8, 4) is 0 Å². The number of hydrogen-bond acceptors (Lipinski definition) is 5. The first-order chi connectivity index (χ1) is 12.0. The molecule has 1 aliphatic heterocycles. The summed E-state index contributed by atoms with van der Waals surface area (Å²) in [6, 6.07) is 5.76. The van der Waals surface area contributed by atoms with Crippen LogP contribution in [0.5, 0.6) is 0 Å². The quantitative estimate of drug-likeness (QED) is 0.888. The number of amides is 1. The van der Waals surface area contributed by atoms with Crippen molar-refractivity contribution in [2.75, 3.05) is 31.6 Å². The van der Waals surface area contributed by atoms with Crippen LogP contribution in [0.1, 0.15) is 30.1 Å². The minimum Gasteiger partial charge on any atom is -0.386 e. The van der Waals surface area contributed by atoms with Crippen LogP contribution in [0.3, 0.4) is 0 Å². The van der Waals surface area contributed by atoms with Crippen LogP contribution in [0.4, 0.5) is 5.82 Å². The van der Waals surface area contributed by atoms with E-state index in [1.807, 2.05) is 25.1 Å². The molecule has 134 valence electrons. The molecule has 3 heterocycles. The van der Waals surface area contributed by atoms with E-state index in [4.69, 9.17) is 0 Å². The summed E-state index contributed by atoms with van der Waals surface area (Å²) in [5.74, 6) is 0.738. The fraction of sp³-hybridized carbons (Fsp3) is 0.500. The summed E-state index contributed by atoms with van der Waals surface area (Å²) in [5.41, 5.74) is -0.397. The van der Waals surface area contributed by atoms with Gasteiger partial charge in [0.2, 0.25) is 0 Å². The smallest absolute Gasteiger partial charge is 0.256 e. The first-order valence-corrected chi connectivity index (χ1v) is 8.67. The zero-order valence-corrected chi connectivity index (χ0v) is 14.8. The third-order valence-corrected chi connectivity index (χ3v) is 4.61. The second-order valence-electron chi connectivity index (χ2n) is 6.68. The van der Waals surface area contributed by atoms with Crippen LogP contribution >= 0.6 is 0 Å². The lowest BCUT2D eigenvalue weighted by atomic mass is 9.92. The van der Waals surface area contributed by atoms with Gasteiger partial charge in [0.15, 0.2) is 0 Å². The van der Waals surface area contributed by atoms with Crippen molar-refractivity contribution in [2.24, 2.45) is 0 Å². The van der Waals surface area contributed by atoms with Gasteiger partial charge in [0.1, 0.15) is 5.82 Å². The Morgan fingerprint density at radius 3 is 2.96 bits per heavy atom. The molecule has 7 heteroatoms. The van der Waals surface area contributed by atoms with E-state index in [9.17, 15) is 9.90 Å². The van der Waals surface area contributed by atoms with E-state index in [0.717, 1.165) is 25.3 Å². The van der Waals surface area contributed by atoms with Crippen LogP contribution < -0.4 is 4.90 Å². The predicted molar refractivity (Wildman–Crippen MR) is 95.5 cm³/mol. The third kappa shape index (κ3) is 3.99. The fourth-order valence-corrected chi connectivity index (χ4v) is 3.36. The Labute approximate surface area is 147 Å². The van der Waals surface area contributed by atoms with E-state index in [1.165, 1.54) is 0 Å². The van der Waals surface area contributed by atoms with Crippen molar-refractivity contribution >= 4 is 11.7 Å². The molecule has 1 saturated heterocycles. The van der Waals surface area contributed by atoms with Gasteiger partial charge in [0.05, 0.1) is 23.9 Å². The molecular weight excluding hydrogens is 318 g/mol. The van der Waals surface area contributed by atoms with Gasteiger partial charge in [0.25, 0.3) is 5.91 Å². The standard InChI is InChI=1S/C18H25N5O2/c1-3-23-12-15(11-20-23)17(24)21(2)13-18(25)8-6-10-22(14-18)16-7-4-5-9-19-16/h4-5,7,9,11-12,25H,3,6,8,10,13-14H2,1-2H3/t18-/m0/s1. The van der Waals surface area contributed by atoms with Crippen molar-refractivity contribution in [3.05, 3.63) is 42.4 Å². The Bertz CT molecular complexity index is 717. The fourth-order valence-electron chi connectivity index (χ4n) is 3.36. The average Bonchev–Trinajstić information content (AvgIpc) is 3.10. The lowest BCUT2D eigenvalue weighted by Crippen LogP contribution is -2.54. The molecule has 0 bridgehead atoms. The number of aryl methyl sites for hydroxylation is 1. The molecule has 0 unspecified atom stereocenters. The molecule has 3 rings (SSSR count). The van der Waals surface area contributed by atoms with Crippen LogP contribution in [0.25, 0.3) is 0 Å². The molecule has 0 radical (unpaired) electrons. The highest BCUT2D eigenvalue weighted by molar-refractivity contribution is 5.93. The molecule has 1 N–H and O–H groups in total. The number of likely N-dealkylation sites (N-methyl/N-ethyl adjacent to an activating group) is 1. The van der Waals surface area contributed by atoms with Crippen LogP contribution in [0.15, 0.2) is 36.8 Å². The highest BCUT2D eigenvalue weighted by Crippen LogP contribution is 2.25. The number of pyridine rings is 1. The largest absolute Gasteiger partial charge is 0.386 e. The number of rotatable bonds is 5. The predicted octanol–water partition coefficient (Wildman–Crippen LogP) is 1.40. The molecule has 0 spiro atoms. The molecule has 0 aromatic carbocycles. The summed E-state index contributed by atoms with van der Waals surface area (Å²) in [7, 11) is 1.73. The van der Waals surface area contributed by atoms with Gasteiger partial charge >= 0.3 is 0 Å². The molecule has 1 aliphatic rings. The number of carbonyl (C=O) groups excluding carboxylic acids is 1. The topological polar surface area (TPSA) is 74.5 Å². The molecule has 1 atom stereocenters. The van der Waals surface area contributed by atoms with E-state index in [2.05, 4.69) is 15.0 Å². The third-order valence-electron chi connectivity index (χ3n) is 4.61. The second kappa shape index (κ2) is 7.23. The Morgan fingerprint density at radius 1 is 1.44 bits per heavy atom. The van der Waals surface area contributed by atoms with Crippen molar-refractivity contribution in [1.82, 2.24) is 19.7 Å². The molecule has 0 aliphatic carbocycles. The Kier molecular flexibility index (Phi) is 5.03. The normalized spacial score (nSPS) is 20.5. The summed E-state index contributed by atoms with van der Waals surface area (Å²) in [6.07, 6.45) is 6.60. The molecule has 1 amide bonds. The number of nitrogens with zero attached hydrogens (tertiary/aromatic N) is 5. The van der Waals surface area contributed by atoms with Gasteiger partial charge in [-0.2, -0.15) is 5.10 Å². The summed E-state index contributed by atoms with van der Waals surface area (Å²) in [4.78, 5) is 20.6. The van der Waals surface area contributed by atoms with Gasteiger partial charge < -0.3 is 14.9 Å². The zero-order valence-electron chi connectivity index (χ0n) is 14.8. The van der Waals surface area contributed by atoms with Crippen LogP contribution in [0.2, 0.25) is 0 Å². The molecular formula is C18H25N5O2. The Balaban J connectivity index is 1.66. The Morgan fingerprint density at radius 2 is 2.28 bits per heavy atom. The number of aromatic nitrogens is 3. The molecule has 0 saturated carbocycles. The maximum atomic E-state index is 12.6. The highest BCUT2D eigenvalue weighted by atomic mass is 16.3. The van der Waals surface area contributed by atoms with Gasteiger partial charge in [-0.25, -0.2) is 4.98 Å². The highest BCUT2D eigenvalue weighted by Gasteiger charge is 2.36. The minimum absolute atomic E-state index is 0.122. The zero-order chi connectivity index (χ0) is 17.9. The summed E-state index contributed by atoms with van der Waals surface area (Å²) >= 11 is 0. The molecule has 1 fully saturated rings. The van der Waals surface area contributed by atoms with Gasteiger partial charge in [-0.3, -0.25) is 9.48 Å². The van der Waals surface area contributed by atoms with Crippen molar-refractivity contribution in [2.45, 2.75) is 31.9 Å². The lowest BCUT2D eigenvalue weighted by molar-refractivity contribution is -0.000135. The lowest BCUT2D eigenvalue weighted by Gasteiger charge is -2.41. The SMILES string of the molecule is CCn1cc(C(=O)N(C)C[C@@]2(O)CCCN(c3ccccn3)C2)cn1. The van der Waals surface area contributed by atoms with Crippen molar-refractivity contribution < 1.29 is 9.90 Å². The molecule has 2 aromatic heterocycles. The first-order valence-electron chi connectivity index (χ1n) is 8.67. The van der Waals surface area contributed by atoms with Crippen LogP contribution in [-0.4, -0.2) is 63.0 Å². The molecule has 7 nitrogen and oxygen atoms in total. The summed E-state index contributed by atoms with van der Waals surface area (Å²) in [6.45, 7) is 4.31. The first kappa shape index (κ1) is 17.4. The number of β-amino-alcohol motifs (C(OH)–C–C–N with tert-alkyl or cyclic N) is 1. The number of aliphatic hydroxyl groups is 1. The van der Waals surface area contributed by atoms with E-state index < -0.39 is 5.60 Å². The average molecular weight is 343 g/mol. The Hall–Kier alpha value is -2.41. The van der Waals surface area contributed by atoms with Gasteiger partial charge in [-0.15, -0.1) is 0 Å². The van der Waals surface area contributed by atoms with Gasteiger partial charge in [-0.05, 0) is 31.9 Å². The van der Waals surface area contributed by atoms with E-state index in [0.29, 0.717) is 18.5 Å². The molecule has 25 heavy (non-hydrogen) atoms. The summed E-state index contributed by atoms with van der Waals surface area (Å²) < 4.78 is 1.72. The van der Waals surface area contributed by atoms with Crippen molar-refractivity contribution in [3.63, 3.8) is 0 Å². The monoisotopic (exact) mass is 343 g/mol. The molecule has 2 aromatic rings. The van der Waals surface area contributed by atoms with Crippen LogP contribution in [0, 0.1) is 0 Å². The van der Waals surface area contributed by atoms with E-state index in [-0.39, 0.29) is 12.5 Å². The number of carbonyl (C=O) groups is 1. The number of piperidine rings is 1. The van der Waals surface area contributed by atoms with E-state index >= 15 is 0 Å². The minimum atomic E-state index is -0.944. The number of anilines is 1.